The molecule has 0 radical (unpaired) electrons. The van der Waals surface area contributed by atoms with Crippen LogP contribution in [0.3, 0.4) is 0 Å². The fraction of sp³-hybridized carbons (Fsp3) is 0.111. The summed E-state index contributed by atoms with van der Waals surface area (Å²) < 4.78 is 1.02. The Balaban J connectivity index is 1.82. The molecule has 0 amide bonds. The lowest BCUT2D eigenvalue weighted by atomic mass is 10.2. The summed E-state index contributed by atoms with van der Waals surface area (Å²) >= 11 is 3.47. The lowest BCUT2D eigenvalue weighted by Crippen LogP contribution is -2.01. The number of hydrogen-bond acceptors (Lipinski definition) is 4. The molecular formula is C18H17BrN4. The van der Waals surface area contributed by atoms with Gasteiger partial charge >= 0.3 is 0 Å². The Morgan fingerprint density at radius 2 is 1.43 bits per heavy atom. The van der Waals surface area contributed by atoms with E-state index in [1.165, 1.54) is 5.56 Å². The Morgan fingerprint density at radius 3 is 2.09 bits per heavy atom. The minimum absolute atomic E-state index is 0.708. The van der Waals surface area contributed by atoms with Gasteiger partial charge in [0.25, 0.3) is 0 Å². The third-order valence-electron chi connectivity index (χ3n) is 3.26. The SMILES string of the molecule is Cc1ccc(Nc2cc(Nc3cccc(Br)c3)nc(C)n2)cc1. The molecule has 5 heteroatoms. The Kier molecular flexibility index (Phi) is 4.57. The van der Waals surface area contributed by atoms with Gasteiger partial charge in [-0.15, -0.1) is 0 Å². The molecule has 2 N–H and O–H groups in total. The minimum Gasteiger partial charge on any atom is -0.340 e. The van der Waals surface area contributed by atoms with Crippen LogP contribution in [-0.4, -0.2) is 9.97 Å². The highest BCUT2D eigenvalue weighted by Gasteiger charge is 2.04. The number of aryl methyl sites for hydroxylation is 2. The Bertz CT molecular complexity index is 816. The van der Waals surface area contributed by atoms with Gasteiger partial charge in [0.05, 0.1) is 0 Å². The maximum atomic E-state index is 4.44. The molecule has 1 heterocycles. The molecule has 0 saturated heterocycles. The standard InChI is InChI=1S/C18H17BrN4/c1-12-6-8-15(9-7-12)22-17-11-18(21-13(2)20-17)23-16-5-3-4-14(19)10-16/h3-11H,1-2H3,(H2,20,21,22,23). The number of halogens is 1. The van der Waals surface area contributed by atoms with Gasteiger partial charge in [0, 0.05) is 21.9 Å². The van der Waals surface area contributed by atoms with Crippen molar-refractivity contribution in [3.05, 3.63) is 70.5 Å². The molecule has 116 valence electrons. The predicted molar refractivity (Wildman–Crippen MR) is 98.7 cm³/mol. The number of rotatable bonds is 4. The molecule has 23 heavy (non-hydrogen) atoms. The van der Waals surface area contributed by atoms with Gasteiger partial charge in [0.1, 0.15) is 17.5 Å². The van der Waals surface area contributed by atoms with E-state index in [1.807, 2.05) is 49.4 Å². The number of hydrogen-bond donors (Lipinski definition) is 2. The van der Waals surface area contributed by atoms with E-state index in [1.54, 1.807) is 0 Å². The average molecular weight is 369 g/mol. The van der Waals surface area contributed by atoms with Crippen LogP contribution in [0.2, 0.25) is 0 Å². The largest absolute Gasteiger partial charge is 0.340 e. The first-order chi connectivity index (χ1) is 11.1. The van der Waals surface area contributed by atoms with Gasteiger partial charge in [-0.3, -0.25) is 0 Å². The summed E-state index contributed by atoms with van der Waals surface area (Å²) in [6, 6.07) is 18.1. The number of aromatic nitrogens is 2. The van der Waals surface area contributed by atoms with Crippen LogP contribution < -0.4 is 10.6 Å². The summed E-state index contributed by atoms with van der Waals surface area (Å²) in [6.45, 7) is 3.95. The summed E-state index contributed by atoms with van der Waals surface area (Å²) in [6.07, 6.45) is 0. The van der Waals surface area contributed by atoms with Gasteiger partial charge in [-0.2, -0.15) is 0 Å². The number of benzene rings is 2. The van der Waals surface area contributed by atoms with Crippen molar-refractivity contribution in [2.75, 3.05) is 10.6 Å². The third kappa shape index (κ3) is 4.29. The van der Waals surface area contributed by atoms with Gasteiger partial charge in [-0.05, 0) is 44.2 Å². The van der Waals surface area contributed by atoms with Crippen LogP contribution in [0.15, 0.2) is 59.1 Å². The van der Waals surface area contributed by atoms with E-state index in [0.29, 0.717) is 5.82 Å². The molecule has 0 aliphatic rings. The predicted octanol–water partition coefficient (Wildman–Crippen LogP) is 5.34. The van der Waals surface area contributed by atoms with Crippen molar-refractivity contribution in [1.29, 1.82) is 0 Å². The van der Waals surface area contributed by atoms with Crippen LogP contribution >= 0.6 is 15.9 Å². The minimum atomic E-state index is 0.708. The van der Waals surface area contributed by atoms with Crippen LogP contribution in [0.4, 0.5) is 23.0 Å². The van der Waals surface area contributed by atoms with Crippen molar-refractivity contribution in [2.24, 2.45) is 0 Å². The van der Waals surface area contributed by atoms with E-state index in [9.17, 15) is 0 Å². The number of nitrogens with zero attached hydrogens (tertiary/aromatic N) is 2. The van der Waals surface area contributed by atoms with E-state index in [4.69, 9.17) is 0 Å². The van der Waals surface area contributed by atoms with Gasteiger partial charge < -0.3 is 10.6 Å². The Hall–Kier alpha value is -2.40. The summed E-state index contributed by atoms with van der Waals surface area (Å²) in [5.41, 5.74) is 3.20. The number of anilines is 4. The zero-order valence-electron chi connectivity index (χ0n) is 13.0. The molecule has 0 bridgehead atoms. The molecule has 0 atom stereocenters. The smallest absolute Gasteiger partial charge is 0.136 e. The van der Waals surface area contributed by atoms with Gasteiger partial charge in [0.2, 0.25) is 0 Å². The summed E-state index contributed by atoms with van der Waals surface area (Å²) in [7, 11) is 0. The topological polar surface area (TPSA) is 49.8 Å². The summed E-state index contributed by atoms with van der Waals surface area (Å²) in [4.78, 5) is 8.88. The molecule has 0 unspecified atom stereocenters. The first-order valence-electron chi connectivity index (χ1n) is 7.30. The Labute approximate surface area is 144 Å². The number of nitrogens with one attached hydrogen (secondary N) is 2. The van der Waals surface area contributed by atoms with Crippen LogP contribution in [-0.2, 0) is 0 Å². The van der Waals surface area contributed by atoms with Crippen LogP contribution in [0.5, 0.6) is 0 Å². The molecule has 0 saturated carbocycles. The van der Waals surface area contributed by atoms with Gasteiger partial charge in [-0.1, -0.05) is 39.7 Å². The lowest BCUT2D eigenvalue weighted by Gasteiger charge is -2.10. The van der Waals surface area contributed by atoms with Crippen molar-refractivity contribution < 1.29 is 0 Å². The molecule has 0 aliphatic heterocycles. The first kappa shape index (κ1) is 15.5. The second kappa shape index (κ2) is 6.79. The van der Waals surface area contributed by atoms with E-state index in [0.717, 1.165) is 27.5 Å². The highest BCUT2D eigenvalue weighted by molar-refractivity contribution is 9.10. The van der Waals surface area contributed by atoms with Gasteiger partial charge in [-0.25, -0.2) is 9.97 Å². The zero-order chi connectivity index (χ0) is 16.2. The van der Waals surface area contributed by atoms with Crippen molar-refractivity contribution >= 4 is 38.9 Å². The van der Waals surface area contributed by atoms with Crippen LogP contribution in [0.1, 0.15) is 11.4 Å². The quantitative estimate of drug-likeness (QED) is 0.652. The molecule has 0 fully saturated rings. The molecule has 0 spiro atoms. The van der Waals surface area contributed by atoms with Crippen molar-refractivity contribution in [2.45, 2.75) is 13.8 Å². The first-order valence-corrected chi connectivity index (χ1v) is 8.10. The fourth-order valence-electron chi connectivity index (χ4n) is 2.19. The van der Waals surface area contributed by atoms with Crippen molar-refractivity contribution in [3.63, 3.8) is 0 Å². The fourth-order valence-corrected chi connectivity index (χ4v) is 2.59. The second-order valence-electron chi connectivity index (χ2n) is 5.31. The lowest BCUT2D eigenvalue weighted by molar-refractivity contribution is 1.06. The second-order valence-corrected chi connectivity index (χ2v) is 6.23. The van der Waals surface area contributed by atoms with Crippen LogP contribution in [0, 0.1) is 13.8 Å². The summed E-state index contributed by atoms with van der Waals surface area (Å²) in [5, 5.41) is 6.61. The molecule has 2 aromatic carbocycles. The van der Waals surface area contributed by atoms with E-state index in [2.05, 4.69) is 55.6 Å². The monoisotopic (exact) mass is 368 g/mol. The van der Waals surface area contributed by atoms with Gasteiger partial charge in [0.15, 0.2) is 0 Å². The van der Waals surface area contributed by atoms with E-state index < -0.39 is 0 Å². The highest BCUT2D eigenvalue weighted by atomic mass is 79.9. The third-order valence-corrected chi connectivity index (χ3v) is 3.75. The van der Waals surface area contributed by atoms with Crippen LogP contribution in [0.25, 0.3) is 0 Å². The van der Waals surface area contributed by atoms with Crippen molar-refractivity contribution in [1.82, 2.24) is 9.97 Å². The van der Waals surface area contributed by atoms with E-state index in [-0.39, 0.29) is 0 Å². The molecule has 3 aromatic rings. The highest BCUT2D eigenvalue weighted by Crippen LogP contribution is 2.22. The zero-order valence-corrected chi connectivity index (χ0v) is 14.6. The molecule has 4 nitrogen and oxygen atoms in total. The Morgan fingerprint density at radius 1 is 0.783 bits per heavy atom. The molecule has 3 rings (SSSR count). The maximum absolute atomic E-state index is 4.44. The van der Waals surface area contributed by atoms with E-state index >= 15 is 0 Å². The average Bonchev–Trinajstić information content (AvgIpc) is 2.49. The summed E-state index contributed by atoms with van der Waals surface area (Å²) in [5.74, 6) is 2.23. The maximum Gasteiger partial charge on any atom is 0.136 e. The molecule has 0 aliphatic carbocycles. The molecule has 1 aromatic heterocycles. The normalized spacial score (nSPS) is 10.4. The molecular weight excluding hydrogens is 352 g/mol. The van der Waals surface area contributed by atoms with Crippen molar-refractivity contribution in [3.8, 4) is 0 Å².